The van der Waals surface area contributed by atoms with Gasteiger partial charge in [-0.3, -0.25) is 0 Å². The van der Waals surface area contributed by atoms with Crippen molar-refractivity contribution < 1.29 is 9.47 Å². The minimum Gasteiger partial charge on any atom is -0.491 e. The summed E-state index contributed by atoms with van der Waals surface area (Å²) >= 11 is 3.35. The normalized spacial score (nSPS) is 10.1. The number of benzene rings is 1. The van der Waals surface area contributed by atoms with Crippen LogP contribution >= 0.6 is 15.9 Å². The van der Waals surface area contributed by atoms with Gasteiger partial charge < -0.3 is 15.2 Å². The molecular formula is C10H14BrNO2. The van der Waals surface area contributed by atoms with Crippen molar-refractivity contribution in [1.82, 2.24) is 0 Å². The largest absolute Gasteiger partial charge is 0.491 e. The Labute approximate surface area is 92.3 Å². The standard InChI is InChI=1S/C10H14BrNO2/c11-9-1-3-10(4-2-9)14-8-7-13-6-5-12/h1-4H,5-8,12H2. The summed E-state index contributed by atoms with van der Waals surface area (Å²) in [6, 6.07) is 7.70. The van der Waals surface area contributed by atoms with Crippen LogP contribution in [0.2, 0.25) is 0 Å². The van der Waals surface area contributed by atoms with Crippen LogP contribution in [0.15, 0.2) is 28.7 Å². The molecule has 0 amide bonds. The zero-order valence-electron chi connectivity index (χ0n) is 7.91. The molecule has 0 aromatic heterocycles. The van der Waals surface area contributed by atoms with Gasteiger partial charge in [-0.05, 0) is 24.3 Å². The van der Waals surface area contributed by atoms with Gasteiger partial charge in [-0.1, -0.05) is 15.9 Å². The molecule has 78 valence electrons. The second-order valence-corrected chi connectivity index (χ2v) is 3.62. The first-order chi connectivity index (χ1) is 6.83. The molecule has 0 fully saturated rings. The molecule has 0 unspecified atom stereocenters. The van der Waals surface area contributed by atoms with Crippen molar-refractivity contribution in [2.45, 2.75) is 0 Å². The number of hydrogen-bond acceptors (Lipinski definition) is 3. The highest BCUT2D eigenvalue weighted by Crippen LogP contribution is 2.15. The third kappa shape index (κ3) is 4.60. The van der Waals surface area contributed by atoms with Crippen LogP contribution in [0.4, 0.5) is 0 Å². The van der Waals surface area contributed by atoms with Crippen molar-refractivity contribution in [3.05, 3.63) is 28.7 Å². The fourth-order valence-electron chi connectivity index (χ4n) is 0.935. The molecule has 0 aliphatic carbocycles. The van der Waals surface area contributed by atoms with E-state index in [1.54, 1.807) is 0 Å². The fourth-order valence-corrected chi connectivity index (χ4v) is 1.20. The van der Waals surface area contributed by atoms with Crippen LogP contribution in [0, 0.1) is 0 Å². The monoisotopic (exact) mass is 259 g/mol. The van der Waals surface area contributed by atoms with Gasteiger partial charge in [0.2, 0.25) is 0 Å². The Balaban J connectivity index is 2.15. The molecule has 0 aliphatic heterocycles. The summed E-state index contributed by atoms with van der Waals surface area (Å²) in [6.45, 7) is 2.27. The third-order valence-corrected chi connectivity index (χ3v) is 2.10. The van der Waals surface area contributed by atoms with E-state index in [4.69, 9.17) is 15.2 Å². The molecule has 0 aliphatic rings. The van der Waals surface area contributed by atoms with Crippen molar-refractivity contribution in [3.63, 3.8) is 0 Å². The number of nitrogens with two attached hydrogens (primary N) is 1. The molecule has 0 spiro atoms. The van der Waals surface area contributed by atoms with Crippen molar-refractivity contribution >= 4 is 15.9 Å². The van der Waals surface area contributed by atoms with E-state index in [9.17, 15) is 0 Å². The molecule has 1 aromatic rings. The van der Waals surface area contributed by atoms with Gasteiger partial charge in [0.15, 0.2) is 0 Å². The minimum atomic E-state index is 0.554. The van der Waals surface area contributed by atoms with Crippen LogP contribution in [-0.2, 0) is 4.74 Å². The van der Waals surface area contributed by atoms with Crippen molar-refractivity contribution in [2.75, 3.05) is 26.4 Å². The second kappa shape index (κ2) is 6.81. The van der Waals surface area contributed by atoms with Crippen molar-refractivity contribution in [3.8, 4) is 5.75 Å². The molecule has 0 radical (unpaired) electrons. The van der Waals surface area contributed by atoms with Gasteiger partial charge in [0.1, 0.15) is 12.4 Å². The molecule has 1 aromatic carbocycles. The first-order valence-corrected chi connectivity index (χ1v) is 5.28. The molecule has 0 heterocycles. The summed E-state index contributed by atoms with van der Waals surface area (Å²) in [7, 11) is 0. The molecular weight excluding hydrogens is 246 g/mol. The SMILES string of the molecule is NCCOCCOc1ccc(Br)cc1. The lowest BCUT2D eigenvalue weighted by Crippen LogP contribution is -2.13. The average Bonchev–Trinajstić information content (AvgIpc) is 2.21. The quantitative estimate of drug-likeness (QED) is 0.793. The van der Waals surface area contributed by atoms with Gasteiger partial charge in [0.05, 0.1) is 13.2 Å². The van der Waals surface area contributed by atoms with E-state index >= 15 is 0 Å². The molecule has 0 saturated heterocycles. The smallest absolute Gasteiger partial charge is 0.119 e. The molecule has 2 N–H and O–H groups in total. The Morgan fingerprint density at radius 1 is 1.07 bits per heavy atom. The Morgan fingerprint density at radius 2 is 1.79 bits per heavy atom. The van der Waals surface area contributed by atoms with Crippen molar-refractivity contribution in [1.29, 1.82) is 0 Å². The summed E-state index contributed by atoms with van der Waals surface area (Å²) in [5, 5.41) is 0. The van der Waals surface area contributed by atoms with Crippen LogP contribution in [0.25, 0.3) is 0 Å². The molecule has 4 heteroatoms. The Hall–Kier alpha value is -0.580. The van der Waals surface area contributed by atoms with Crippen LogP contribution in [0.1, 0.15) is 0 Å². The predicted octanol–water partition coefficient (Wildman–Crippen LogP) is 1.80. The minimum absolute atomic E-state index is 0.554. The maximum absolute atomic E-state index is 5.42. The Kier molecular flexibility index (Phi) is 5.59. The Morgan fingerprint density at radius 3 is 2.43 bits per heavy atom. The van der Waals surface area contributed by atoms with E-state index in [-0.39, 0.29) is 0 Å². The van der Waals surface area contributed by atoms with Gasteiger partial charge in [-0.2, -0.15) is 0 Å². The molecule has 3 nitrogen and oxygen atoms in total. The second-order valence-electron chi connectivity index (χ2n) is 2.70. The lowest BCUT2D eigenvalue weighted by Gasteiger charge is -2.06. The number of hydrogen-bond donors (Lipinski definition) is 1. The number of halogens is 1. The van der Waals surface area contributed by atoms with E-state index < -0.39 is 0 Å². The molecule has 14 heavy (non-hydrogen) atoms. The summed E-state index contributed by atoms with van der Waals surface area (Å²) < 4.78 is 11.6. The maximum Gasteiger partial charge on any atom is 0.119 e. The van der Waals surface area contributed by atoms with Crippen molar-refractivity contribution in [2.24, 2.45) is 5.73 Å². The van der Waals surface area contributed by atoms with E-state index in [1.807, 2.05) is 24.3 Å². The predicted molar refractivity (Wildman–Crippen MR) is 59.5 cm³/mol. The number of rotatable bonds is 6. The highest BCUT2D eigenvalue weighted by molar-refractivity contribution is 9.10. The van der Waals surface area contributed by atoms with Gasteiger partial charge in [-0.25, -0.2) is 0 Å². The first-order valence-electron chi connectivity index (χ1n) is 4.49. The van der Waals surface area contributed by atoms with Crippen LogP contribution in [-0.4, -0.2) is 26.4 Å². The van der Waals surface area contributed by atoms with Gasteiger partial charge >= 0.3 is 0 Å². The topological polar surface area (TPSA) is 44.5 Å². The molecule has 0 saturated carbocycles. The van der Waals surface area contributed by atoms with E-state index in [0.29, 0.717) is 26.4 Å². The van der Waals surface area contributed by atoms with Gasteiger partial charge in [-0.15, -0.1) is 0 Å². The number of ether oxygens (including phenoxy) is 2. The highest BCUT2D eigenvalue weighted by Gasteiger charge is 1.93. The summed E-state index contributed by atoms with van der Waals surface area (Å²) in [5.41, 5.74) is 5.27. The van der Waals surface area contributed by atoms with E-state index in [2.05, 4.69) is 15.9 Å². The molecule has 0 atom stereocenters. The van der Waals surface area contributed by atoms with E-state index in [1.165, 1.54) is 0 Å². The molecule has 1 rings (SSSR count). The van der Waals surface area contributed by atoms with Crippen LogP contribution in [0.3, 0.4) is 0 Å². The summed E-state index contributed by atoms with van der Waals surface area (Å²) in [5.74, 6) is 0.851. The summed E-state index contributed by atoms with van der Waals surface area (Å²) in [6.07, 6.45) is 0. The third-order valence-electron chi connectivity index (χ3n) is 1.57. The van der Waals surface area contributed by atoms with E-state index in [0.717, 1.165) is 10.2 Å². The zero-order valence-corrected chi connectivity index (χ0v) is 9.50. The lowest BCUT2D eigenvalue weighted by atomic mass is 10.3. The van der Waals surface area contributed by atoms with Gasteiger partial charge in [0.25, 0.3) is 0 Å². The molecule has 0 bridgehead atoms. The zero-order chi connectivity index (χ0) is 10.2. The average molecular weight is 260 g/mol. The highest BCUT2D eigenvalue weighted by atomic mass is 79.9. The fraction of sp³-hybridized carbons (Fsp3) is 0.400. The first kappa shape index (κ1) is 11.5. The summed E-state index contributed by atoms with van der Waals surface area (Å²) in [4.78, 5) is 0. The Bertz CT molecular complexity index is 251. The van der Waals surface area contributed by atoms with Gasteiger partial charge in [0, 0.05) is 11.0 Å². The van der Waals surface area contributed by atoms with Crippen LogP contribution in [0.5, 0.6) is 5.75 Å². The van der Waals surface area contributed by atoms with Crippen LogP contribution < -0.4 is 10.5 Å². The lowest BCUT2D eigenvalue weighted by molar-refractivity contribution is 0.106. The maximum atomic E-state index is 5.42.